The molecule has 1 aliphatic heterocycles. The quantitative estimate of drug-likeness (QED) is 0.229. The highest BCUT2D eigenvalue weighted by molar-refractivity contribution is 6.24. The summed E-state index contributed by atoms with van der Waals surface area (Å²) in [5.74, 6) is -3.24. The van der Waals surface area contributed by atoms with Gasteiger partial charge in [-0.25, -0.2) is 9.18 Å². The Morgan fingerprint density at radius 1 is 1.14 bits per heavy atom. The molecule has 0 bridgehead atoms. The summed E-state index contributed by atoms with van der Waals surface area (Å²) in [7, 11) is 0. The van der Waals surface area contributed by atoms with Gasteiger partial charge in [0.1, 0.15) is 24.8 Å². The Bertz CT molecular complexity index is 1010. The van der Waals surface area contributed by atoms with Gasteiger partial charge in [0.25, 0.3) is 17.5 Å². The number of hydrogen-bond donors (Lipinski definition) is 0. The van der Waals surface area contributed by atoms with Gasteiger partial charge in [0.05, 0.1) is 10.5 Å². The Balaban J connectivity index is 1.63. The maximum absolute atomic E-state index is 13.5. The topological polar surface area (TPSA) is 116 Å². The lowest BCUT2D eigenvalue weighted by Crippen LogP contribution is -2.44. The van der Waals surface area contributed by atoms with Crippen LogP contribution in [0.25, 0.3) is 0 Å². The average molecular weight is 402 g/mol. The largest absolute Gasteiger partial charge is 0.487 e. The summed E-state index contributed by atoms with van der Waals surface area (Å²) in [5, 5.41) is 11.1. The fourth-order valence-electron chi connectivity index (χ4n) is 2.87. The van der Waals surface area contributed by atoms with Crippen LogP contribution in [0.5, 0.6) is 5.75 Å². The second-order valence-electron chi connectivity index (χ2n) is 6.06. The van der Waals surface area contributed by atoms with Crippen LogP contribution in [0.1, 0.15) is 27.6 Å². The lowest BCUT2D eigenvalue weighted by Gasteiger charge is -2.20. The van der Waals surface area contributed by atoms with E-state index in [0.29, 0.717) is 4.90 Å². The number of halogens is 1. The second kappa shape index (κ2) is 8.05. The van der Waals surface area contributed by atoms with Gasteiger partial charge in [0, 0.05) is 6.07 Å². The minimum atomic E-state index is -1.31. The number of ether oxygens (including phenoxy) is 2. The predicted molar refractivity (Wildman–Crippen MR) is 95.9 cm³/mol. The van der Waals surface area contributed by atoms with E-state index in [2.05, 4.69) is 0 Å². The number of amides is 2. The maximum atomic E-state index is 13.5. The Morgan fingerprint density at radius 2 is 1.86 bits per heavy atom. The lowest BCUT2D eigenvalue weighted by atomic mass is 10.1. The van der Waals surface area contributed by atoms with Crippen LogP contribution in [0.3, 0.4) is 0 Å². The molecule has 0 N–H and O–H groups in total. The number of carbonyl (C=O) groups is 3. The summed E-state index contributed by atoms with van der Waals surface area (Å²) in [6.45, 7) is 0.876. The van der Waals surface area contributed by atoms with E-state index in [1.807, 2.05) is 0 Å². The van der Waals surface area contributed by atoms with Crippen molar-refractivity contribution in [2.75, 3.05) is 13.2 Å². The van der Waals surface area contributed by atoms with Crippen molar-refractivity contribution < 1.29 is 33.2 Å². The van der Waals surface area contributed by atoms with Gasteiger partial charge in [-0.2, -0.15) is 0 Å². The van der Waals surface area contributed by atoms with Crippen molar-refractivity contribution in [3.05, 3.63) is 69.5 Å². The third kappa shape index (κ3) is 3.77. The van der Waals surface area contributed by atoms with Gasteiger partial charge in [-0.1, -0.05) is 18.2 Å². The highest BCUT2D eigenvalue weighted by Crippen LogP contribution is 2.32. The molecule has 10 heteroatoms. The molecule has 0 radical (unpaired) electrons. The highest BCUT2D eigenvalue weighted by Gasteiger charge is 2.45. The van der Waals surface area contributed by atoms with E-state index in [0.717, 1.165) is 6.07 Å². The highest BCUT2D eigenvalue weighted by atomic mass is 19.1. The summed E-state index contributed by atoms with van der Waals surface area (Å²) in [4.78, 5) is 48.3. The number of para-hydroxylation sites is 1. The maximum Gasteiger partial charge on any atom is 0.329 e. The van der Waals surface area contributed by atoms with E-state index in [9.17, 15) is 28.9 Å². The normalized spacial score (nSPS) is 13.8. The summed E-state index contributed by atoms with van der Waals surface area (Å²) < 4.78 is 23.6. The minimum Gasteiger partial charge on any atom is -0.487 e. The number of nitro groups is 1. The van der Waals surface area contributed by atoms with Gasteiger partial charge < -0.3 is 9.47 Å². The number of imide groups is 1. The standard InChI is InChI=1S/C19H15FN2O7/c1-11(19(25)29-10-9-28-15-8-3-2-6-13(15)20)21-17(23)12-5-4-7-14(22(26)27)16(12)18(21)24/h2-8,11H,9-10H2,1H3/t11-/m1/s1. The first kappa shape index (κ1) is 19.9. The van der Waals surface area contributed by atoms with Crippen molar-refractivity contribution in [3.8, 4) is 5.75 Å². The molecular weight excluding hydrogens is 387 g/mol. The van der Waals surface area contributed by atoms with Crippen LogP contribution in [-0.2, 0) is 9.53 Å². The summed E-state index contributed by atoms with van der Waals surface area (Å²) >= 11 is 0. The van der Waals surface area contributed by atoms with Crippen LogP contribution in [0.2, 0.25) is 0 Å². The number of nitrogens with zero attached hydrogens (tertiary/aromatic N) is 2. The molecule has 1 aliphatic rings. The van der Waals surface area contributed by atoms with Crippen LogP contribution >= 0.6 is 0 Å². The first-order chi connectivity index (χ1) is 13.8. The number of rotatable bonds is 7. The van der Waals surface area contributed by atoms with Crippen molar-refractivity contribution >= 4 is 23.5 Å². The van der Waals surface area contributed by atoms with Gasteiger partial charge in [0.15, 0.2) is 11.6 Å². The Kier molecular flexibility index (Phi) is 5.53. The van der Waals surface area contributed by atoms with Crippen molar-refractivity contribution in [1.82, 2.24) is 4.90 Å². The third-order valence-electron chi connectivity index (χ3n) is 4.27. The molecule has 3 rings (SSSR count). The van der Waals surface area contributed by atoms with Gasteiger partial charge >= 0.3 is 5.97 Å². The van der Waals surface area contributed by atoms with E-state index in [4.69, 9.17) is 9.47 Å². The zero-order chi connectivity index (χ0) is 21.1. The number of benzene rings is 2. The fraction of sp³-hybridized carbons (Fsp3) is 0.211. The molecule has 0 aromatic heterocycles. The molecule has 0 saturated carbocycles. The van der Waals surface area contributed by atoms with E-state index < -0.39 is 40.3 Å². The summed E-state index contributed by atoms with van der Waals surface area (Å²) in [6, 6.07) is 8.06. The molecule has 2 aromatic carbocycles. The first-order valence-electron chi connectivity index (χ1n) is 8.52. The Morgan fingerprint density at radius 3 is 2.55 bits per heavy atom. The molecule has 0 spiro atoms. The smallest absolute Gasteiger partial charge is 0.329 e. The third-order valence-corrected chi connectivity index (χ3v) is 4.27. The van der Waals surface area contributed by atoms with E-state index >= 15 is 0 Å². The van der Waals surface area contributed by atoms with Crippen LogP contribution in [0.15, 0.2) is 42.5 Å². The molecule has 1 atom stereocenters. The lowest BCUT2D eigenvalue weighted by molar-refractivity contribution is -0.385. The predicted octanol–water partition coefficient (Wildman–Crippen LogP) is 2.34. The Labute approximate surface area is 163 Å². The molecule has 2 aromatic rings. The average Bonchev–Trinajstić information content (AvgIpc) is 2.96. The van der Waals surface area contributed by atoms with Crippen LogP contribution < -0.4 is 4.74 Å². The number of nitro benzene ring substituents is 1. The first-order valence-corrected chi connectivity index (χ1v) is 8.52. The van der Waals surface area contributed by atoms with E-state index in [-0.39, 0.29) is 30.1 Å². The molecule has 1 heterocycles. The van der Waals surface area contributed by atoms with Crippen molar-refractivity contribution in [3.63, 3.8) is 0 Å². The molecule has 0 unspecified atom stereocenters. The van der Waals surface area contributed by atoms with Gasteiger partial charge in [-0.15, -0.1) is 0 Å². The molecule has 2 amide bonds. The summed E-state index contributed by atoms with van der Waals surface area (Å²) in [5.41, 5.74) is -1.01. The van der Waals surface area contributed by atoms with E-state index in [1.54, 1.807) is 6.07 Å². The van der Waals surface area contributed by atoms with Gasteiger partial charge in [-0.05, 0) is 25.1 Å². The molecule has 0 fully saturated rings. The monoisotopic (exact) mass is 402 g/mol. The van der Waals surface area contributed by atoms with Crippen molar-refractivity contribution in [2.24, 2.45) is 0 Å². The number of esters is 1. The van der Waals surface area contributed by atoms with E-state index in [1.165, 1.54) is 37.3 Å². The van der Waals surface area contributed by atoms with Crippen LogP contribution in [-0.4, -0.2) is 46.9 Å². The second-order valence-corrected chi connectivity index (χ2v) is 6.06. The van der Waals surface area contributed by atoms with Gasteiger partial charge in [0.2, 0.25) is 0 Å². The van der Waals surface area contributed by atoms with Crippen molar-refractivity contribution in [2.45, 2.75) is 13.0 Å². The zero-order valence-electron chi connectivity index (χ0n) is 15.2. The van der Waals surface area contributed by atoms with Gasteiger partial charge in [-0.3, -0.25) is 24.6 Å². The fourth-order valence-corrected chi connectivity index (χ4v) is 2.87. The Hall–Kier alpha value is -3.82. The minimum absolute atomic E-state index is 0.00995. The number of hydrogen-bond acceptors (Lipinski definition) is 7. The number of carbonyl (C=O) groups excluding carboxylic acids is 3. The molecule has 29 heavy (non-hydrogen) atoms. The molecular formula is C19H15FN2O7. The molecule has 150 valence electrons. The summed E-state index contributed by atoms with van der Waals surface area (Å²) in [6.07, 6.45) is 0. The van der Waals surface area contributed by atoms with Crippen LogP contribution in [0.4, 0.5) is 10.1 Å². The zero-order valence-corrected chi connectivity index (χ0v) is 15.2. The molecule has 0 aliphatic carbocycles. The SMILES string of the molecule is C[C@H](C(=O)OCCOc1ccccc1F)N1C(=O)c2cccc([N+](=O)[O-])c2C1=O. The number of fused-ring (bicyclic) bond motifs is 1. The van der Waals surface area contributed by atoms with Crippen LogP contribution in [0, 0.1) is 15.9 Å². The molecule has 9 nitrogen and oxygen atoms in total. The van der Waals surface area contributed by atoms with Crippen molar-refractivity contribution in [1.29, 1.82) is 0 Å². The molecule has 0 saturated heterocycles.